The van der Waals surface area contributed by atoms with E-state index in [4.69, 9.17) is 0 Å². The Hall–Kier alpha value is -1.37. The Morgan fingerprint density at radius 2 is 2.04 bits per heavy atom. The van der Waals surface area contributed by atoms with Crippen LogP contribution in [0.1, 0.15) is 28.9 Å². The van der Waals surface area contributed by atoms with Crippen LogP contribution in [0.15, 0.2) is 34.9 Å². The van der Waals surface area contributed by atoms with Gasteiger partial charge in [0, 0.05) is 23.6 Å². The van der Waals surface area contributed by atoms with Crippen LogP contribution < -0.4 is 5.32 Å². The topological polar surface area (TPSA) is 50.2 Å². The second-order valence-corrected chi connectivity index (χ2v) is 6.83. The molecule has 1 atom stereocenters. The molecule has 1 saturated heterocycles. The summed E-state index contributed by atoms with van der Waals surface area (Å²) < 4.78 is 2.84. The third-order valence-electron chi connectivity index (χ3n) is 4.43. The molecule has 1 amide bonds. The smallest absolute Gasteiger partial charge is 0.257 e. The van der Waals surface area contributed by atoms with Crippen LogP contribution in [0.2, 0.25) is 0 Å². The third-order valence-corrected chi connectivity index (χ3v) is 4.96. The highest BCUT2D eigenvalue weighted by molar-refractivity contribution is 9.10. The predicted octanol–water partition coefficient (Wildman–Crippen LogP) is 3.19. The first-order valence-electron chi connectivity index (χ1n) is 7.87. The van der Waals surface area contributed by atoms with E-state index < -0.39 is 0 Å². The highest BCUT2D eigenvalue weighted by Gasteiger charge is 2.26. The average molecular weight is 414 g/mol. The summed E-state index contributed by atoms with van der Waals surface area (Å²) in [7, 11) is 1.95. The van der Waals surface area contributed by atoms with Crippen LogP contribution in [0.4, 0.5) is 0 Å². The zero-order valence-electron chi connectivity index (χ0n) is 13.8. The van der Waals surface area contributed by atoms with E-state index in [-0.39, 0.29) is 18.3 Å². The van der Waals surface area contributed by atoms with E-state index in [2.05, 4.69) is 26.3 Å². The first-order chi connectivity index (χ1) is 11.1. The Morgan fingerprint density at radius 3 is 2.71 bits per heavy atom. The lowest BCUT2D eigenvalue weighted by Gasteiger charge is -2.32. The SMILES string of the molecule is CNC1CCCN(C(=O)c2cnn(-c3ccc(Br)cc3)c2C)C1.Cl. The molecule has 2 heterocycles. The molecule has 130 valence electrons. The molecule has 5 nitrogen and oxygen atoms in total. The molecule has 24 heavy (non-hydrogen) atoms. The fraction of sp³-hybridized carbons (Fsp3) is 0.412. The molecule has 0 radical (unpaired) electrons. The van der Waals surface area contributed by atoms with Crippen LogP contribution in [-0.4, -0.2) is 46.8 Å². The van der Waals surface area contributed by atoms with Crippen LogP contribution >= 0.6 is 28.3 Å². The van der Waals surface area contributed by atoms with Crippen molar-refractivity contribution in [1.82, 2.24) is 20.0 Å². The minimum Gasteiger partial charge on any atom is -0.337 e. The largest absolute Gasteiger partial charge is 0.337 e. The molecule has 0 bridgehead atoms. The molecular weight excluding hydrogens is 392 g/mol. The maximum atomic E-state index is 12.8. The van der Waals surface area contributed by atoms with Crippen LogP contribution in [0.5, 0.6) is 0 Å². The molecule has 1 fully saturated rings. The van der Waals surface area contributed by atoms with Crippen molar-refractivity contribution in [3.8, 4) is 5.69 Å². The number of nitrogens with zero attached hydrogens (tertiary/aromatic N) is 3. The van der Waals surface area contributed by atoms with E-state index in [1.165, 1.54) is 0 Å². The van der Waals surface area contributed by atoms with Gasteiger partial charge < -0.3 is 10.2 Å². The van der Waals surface area contributed by atoms with Gasteiger partial charge in [0.05, 0.1) is 23.1 Å². The number of carbonyl (C=O) groups is 1. The molecule has 1 aliphatic heterocycles. The zero-order valence-corrected chi connectivity index (χ0v) is 16.2. The number of rotatable bonds is 3. The molecule has 1 aliphatic rings. The van der Waals surface area contributed by atoms with Crippen molar-refractivity contribution in [3.63, 3.8) is 0 Å². The van der Waals surface area contributed by atoms with Gasteiger partial charge in [-0.05, 0) is 51.1 Å². The number of likely N-dealkylation sites (tertiary alicyclic amines) is 1. The number of carbonyl (C=O) groups excluding carboxylic acids is 1. The van der Waals surface area contributed by atoms with Gasteiger partial charge in [-0.15, -0.1) is 12.4 Å². The van der Waals surface area contributed by atoms with E-state index >= 15 is 0 Å². The number of aromatic nitrogens is 2. The molecular formula is C17H22BrClN4O. The first kappa shape index (κ1) is 19.0. The lowest BCUT2D eigenvalue weighted by molar-refractivity contribution is 0.0697. The number of nitrogens with one attached hydrogen (secondary N) is 1. The molecule has 0 saturated carbocycles. The van der Waals surface area contributed by atoms with Crippen molar-refractivity contribution in [3.05, 3.63) is 46.2 Å². The molecule has 3 rings (SSSR count). The molecule has 0 aliphatic carbocycles. The summed E-state index contributed by atoms with van der Waals surface area (Å²) in [5, 5.41) is 7.68. The normalized spacial score (nSPS) is 17.5. The standard InChI is InChI=1S/C17H21BrN4O.ClH/c1-12-16(17(23)21-9-3-4-14(11-21)19-2)10-20-22(12)15-7-5-13(18)6-8-15;/h5-8,10,14,19H,3-4,9,11H2,1-2H3;1H. The van der Waals surface area contributed by atoms with Crippen LogP contribution in [-0.2, 0) is 0 Å². The van der Waals surface area contributed by atoms with Crippen LogP contribution in [0.25, 0.3) is 5.69 Å². The van der Waals surface area contributed by atoms with Gasteiger partial charge in [0.15, 0.2) is 0 Å². The second kappa shape index (κ2) is 8.14. The molecule has 7 heteroatoms. The highest BCUT2D eigenvalue weighted by atomic mass is 79.9. The van der Waals surface area contributed by atoms with E-state index in [1.807, 2.05) is 47.8 Å². The Labute approximate surface area is 157 Å². The summed E-state index contributed by atoms with van der Waals surface area (Å²) in [5.74, 6) is 0.0748. The van der Waals surface area contributed by atoms with Crippen molar-refractivity contribution < 1.29 is 4.79 Å². The molecule has 1 N–H and O–H groups in total. The van der Waals surface area contributed by atoms with Crippen molar-refractivity contribution in [2.24, 2.45) is 0 Å². The zero-order chi connectivity index (χ0) is 16.4. The summed E-state index contributed by atoms with van der Waals surface area (Å²) in [6, 6.07) is 8.29. The van der Waals surface area contributed by atoms with Crippen molar-refractivity contribution in [2.75, 3.05) is 20.1 Å². The molecule has 2 aromatic rings. The summed E-state index contributed by atoms with van der Waals surface area (Å²) in [6.07, 6.45) is 3.84. The Morgan fingerprint density at radius 1 is 1.33 bits per heavy atom. The summed E-state index contributed by atoms with van der Waals surface area (Å²) in [4.78, 5) is 14.7. The first-order valence-corrected chi connectivity index (χ1v) is 8.66. The van der Waals surface area contributed by atoms with Crippen molar-refractivity contribution >= 4 is 34.2 Å². The van der Waals surface area contributed by atoms with Gasteiger partial charge in [-0.1, -0.05) is 15.9 Å². The van der Waals surface area contributed by atoms with Crippen molar-refractivity contribution in [1.29, 1.82) is 0 Å². The van der Waals surface area contributed by atoms with Crippen LogP contribution in [0.3, 0.4) is 0 Å². The Bertz CT molecular complexity index is 701. The fourth-order valence-corrected chi connectivity index (χ4v) is 3.29. The van der Waals surface area contributed by atoms with E-state index in [0.29, 0.717) is 11.6 Å². The highest BCUT2D eigenvalue weighted by Crippen LogP contribution is 2.20. The van der Waals surface area contributed by atoms with Gasteiger partial charge in [-0.2, -0.15) is 5.10 Å². The van der Waals surface area contributed by atoms with Gasteiger partial charge in [0.25, 0.3) is 5.91 Å². The average Bonchev–Trinajstić information content (AvgIpc) is 2.96. The summed E-state index contributed by atoms with van der Waals surface area (Å²) >= 11 is 3.43. The van der Waals surface area contributed by atoms with E-state index in [9.17, 15) is 4.79 Å². The quantitative estimate of drug-likeness (QED) is 0.841. The predicted molar refractivity (Wildman–Crippen MR) is 101 cm³/mol. The van der Waals surface area contributed by atoms with Crippen LogP contribution in [0, 0.1) is 6.92 Å². The summed E-state index contributed by atoms with van der Waals surface area (Å²) in [6.45, 7) is 3.53. The molecule has 1 aromatic heterocycles. The van der Waals surface area contributed by atoms with Gasteiger partial charge in [0.2, 0.25) is 0 Å². The number of halogens is 2. The van der Waals surface area contributed by atoms with Gasteiger partial charge in [0.1, 0.15) is 0 Å². The van der Waals surface area contributed by atoms with Gasteiger partial charge in [-0.25, -0.2) is 4.68 Å². The van der Waals surface area contributed by atoms with Gasteiger partial charge >= 0.3 is 0 Å². The van der Waals surface area contributed by atoms with Crippen molar-refractivity contribution in [2.45, 2.75) is 25.8 Å². The minimum atomic E-state index is 0. The Balaban J connectivity index is 0.00000208. The molecule has 1 aromatic carbocycles. The number of likely N-dealkylation sites (N-methyl/N-ethyl adjacent to an activating group) is 1. The number of hydrogen-bond donors (Lipinski definition) is 1. The number of hydrogen-bond acceptors (Lipinski definition) is 3. The third kappa shape index (κ3) is 3.82. The lowest BCUT2D eigenvalue weighted by Crippen LogP contribution is -2.47. The minimum absolute atomic E-state index is 0. The number of piperidine rings is 1. The van der Waals surface area contributed by atoms with E-state index in [0.717, 1.165) is 41.8 Å². The number of benzene rings is 1. The maximum absolute atomic E-state index is 12.8. The van der Waals surface area contributed by atoms with Gasteiger partial charge in [-0.3, -0.25) is 4.79 Å². The molecule has 0 spiro atoms. The molecule has 1 unspecified atom stereocenters. The number of amides is 1. The second-order valence-electron chi connectivity index (χ2n) is 5.91. The lowest BCUT2D eigenvalue weighted by atomic mass is 10.0. The fourth-order valence-electron chi connectivity index (χ4n) is 3.03. The maximum Gasteiger partial charge on any atom is 0.257 e. The monoisotopic (exact) mass is 412 g/mol. The van der Waals surface area contributed by atoms with E-state index in [1.54, 1.807) is 6.20 Å². The summed E-state index contributed by atoms with van der Waals surface area (Å²) in [5.41, 5.74) is 2.52. The Kier molecular flexibility index (Phi) is 6.43.